The van der Waals surface area contributed by atoms with Crippen LogP contribution in [-0.2, 0) is 4.79 Å². The van der Waals surface area contributed by atoms with Gasteiger partial charge in [-0.2, -0.15) is 0 Å². The maximum Gasteiger partial charge on any atom is 0.316 e. The van der Waals surface area contributed by atoms with Gasteiger partial charge in [0.15, 0.2) is 11.6 Å². The summed E-state index contributed by atoms with van der Waals surface area (Å²) in [5.74, 6) is -1.58. The van der Waals surface area contributed by atoms with Gasteiger partial charge >= 0.3 is 5.97 Å². The lowest BCUT2D eigenvalue weighted by Crippen LogP contribution is -2.35. The van der Waals surface area contributed by atoms with Gasteiger partial charge in [0.25, 0.3) is 5.91 Å². The standard InChI is InChI=1S/C20H22FNO4S/c1-3-14(26-17-10-6-5-9-16(17)21)12-22-19(23)15-8-4-7-11-18(15)27-13(2)20(24)25/h4-11,13-14H,3,12H2,1-2H3,(H,22,23)(H,24,25). The topological polar surface area (TPSA) is 75.6 Å². The summed E-state index contributed by atoms with van der Waals surface area (Å²) in [4.78, 5) is 24.2. The summed E-state index contributed by atoms with van der Waals surface area (Å²) < 4.78 is 19.4. The Morgan fingerprint density at radius 1 is 1.19 bits per heavy atom. The van der Waals surface area contributed by atoms with Gasteiger partial charge in [-0.25, -0.2) is 4.39 Å². The minimum atomic E-state index is -0.945. The maximum absolute atomic E-state index is 13.7. The number of hydrogen-bond donors (Lipinski definition) is 2. The van der Waals surface area contributed by atoms with Crippen LogP contribution in [0.1, 0.15) is 30.6 Å². The normalized spacial score (nSPS) is 12.9. The average Bonchev–Trinajstić information content (AvgIpc) is 2.66. The van der Waals surface area contributed by atoms with Crippen LogP contribution < -0.4 is 10.1 Å². The highest BCUT2D eigenvalue weighted by Gasteiger charge is 2.19. The zero-order valence-electron chi connectivity index (χ0n) is 15.1. The third kappa shape index (κ3) is 5.99. The van der Waals surface area contributed by atoms with Gasteiger partial charge in [0.2, 0.25) is 0 Å². The molecule has 0 fully saturated rings. The number of aliphatic carboxylic acids is 1. The highest BCUT2D eigenvalue weighted by molar-refractivity contribution is 8.00. The molecule has 0 radical (unpaired) electrons. The van der Waals surface area contributed by atoms with Crippen LogP contribution in [0.3, 0.4) is 0 Å². The fraction of sp³-hybridized carbons (Fsp3) is 0.300. The number of hydrogen-bond acceptors (Lipinski definition) is 4. The highest BCUT2D eigenvalue weighted by atomic mass is 32.2. The van der Waals surface area contributed by atoms with E-state index in [0.29, 0.717) is 16.9 Å². The molecule has 0 aliphatic carbocycles. The zero-order valence-corrected chi connectivity index (χ0v) is 16.0. The van der Waals surface area contributed by atoms with Crippen molar-refractivity contribution in [2.24, 2.45) is 0 Å². The number of thioether (sulfide) groups is 1. The molecule has 0 saturated carbocycles. The quantitative estimate of drug-likeness (QED) is 0.633. The van der Waals surface area contributed by atoms with Crippen molar-refractivity contribution in [3.05, 3.63) is 59.9 Å². The summed E-state index contributed by atoms with van der Waals surface area (Å²) in [6.45, 7) is 3.66. The van der Waals surface area contributed by atoms with Crippen LogP contribution in [0.15, 0.2) is 53.4 Å². The third-order valence-electron chi connectivity index (χ3n) is 3.86. The molecule has 7 heteroatoms. The average molecular weight is 391 g/mol. The van der Waals surface area contributed by atoms with E-state index in [2.05, 4.69) is 5.32 Å². The number of para-hydroxylation sites is 1. The number of carbonyl (C=O) groups excluding carboxylic acids is 1. The van der Waals surface area contributed by atoms with Crippen molar-refractivity contribution in [1.82, 2.24) is 5.32 Å². The van der Waals surface area contributed by atoms with E-state index in [9.17, 15) is 14.0 Å². The van der Waals surface area contributed by atoms with Crippen LogP contribution in [0.25, 0.3) is 0 Å². The van der Waals surface area contributed by atoms with Gasteiger partial charge in [0.05, 0.1) is 12.1 Å². The van der Waals surface area contributed by atoms with Crippen molar-refractivity contribution in [3.63, 3.8) is 0 Å². The molecule has 27 heavy (non-hydrogen) atoms. The van der Waals surface area contributed by atoms with Gasteiger partial charge < -0.3 is 15.2 Å². The van der Waals surface area contributed by atoms with Crippen LogP contribution in [0.4, 0.5) is 4.39 Å². The fourth-order valence-electron chi connectivity index (χ4n) is 2.29. The third-order valence-corrected chi connectivity index (χ3v) is 5.02. The molecule has 2 aromatic rings. The van der Waals surface area contributed by atoms with Crippen molar-refractivity contribution in [2.75, 3.05) is 6.54 Å². The molecule has 0 aliphatic rings. The first kappa shape index (κ1) is 20.8. The number of ether oxygens (including phenoxy) is 1. The van der Waals surface area contributed by atoms with E-state index >= 15 is 0 Å². The molecule has 0 heterocycles. The van der Waals surface area contributed by atoms with Crippen molar-refractivity contribution in [3.8, 4) is 5.75 Å². The molecule has 2 aromatic carbocycles. The van der Waals surface area contributed by atoms with Crippen LogP contribution in [0, 0.1) is 5.82 Å². The Hall–Kier alpha value is -2.54. The second-order valence-electron chi connectivity index (χ2n) is 5.88. The van der Waals surface area contributed by atoms with Crippen LogP contribution in [0.2, 0.25) is 0 Å². The summed E-state index contributed by atoms with van der Waals surface area (Å²) >= 11 is 1.11. The lowest BCUT2D eigenvalue weighted by molar-refractivity contribution is -0.136. The lowest BCUT2D eigenvalue weighted by atomic mass is 10.2. The number of carbonyl (C=O) groups is 2. The molecule has 0 spiro atoms. The van der Waals surface area contributed by atoms with E-state index in [4.69, 9.17) is 9.84 Å². The minimum Gasteiger partial charge on any atom is -0.486 e. The molecule has 2 rings (SSSR count). The Balaban J connectivity index is 2.02. The Kier molecular flexibility index (Phi) is 7.67. The van der Waals surface area contributed by atoms with E-state index in [0.717, 1.165) is 11.8 Å². The Morgan fingerprint density at radius 3 is 2.52 bits per heavy atom. The lowest BCUT2D eigenvalue weighted by Gasteiger charge is -2.19. The second-order valence-corrected chi connectivity index (χ2v) is 7.27. The SMILES string of the molecule is CCC(CNC(=O)c1ccccc1SC(C)C(=O)O)Oc1ccccc1F. The van der Waals surface area contributed by atoms with Crippen molar-refractivity contribution in [1.29, 1.82) is 0 Å². The molecule has 0 aliphatic heterocycles. The first-order valence-corrected chi connectivity index (χ1v) is 9.48. The van der Waals surface area contributed by atoms with Gasteiger partial charge in [-0.1, -0.05) is 31.2 Å². The summed E-state index contributed by atoms with van der Waals surface area (Å²) in [5.41, 5.74) is 0.399. The number of amides is 1. The van der Waals surface area contributed by atoms with Crippen molar-refractivity contribution >= 4 is 23.6 Å². The minimum absolute atomic E-state index is 0.143. The van der Waals surface area contributed by atoms with E-state index in [1.54, 1.807) is 49.4 Å². The molecule has 144 valence electrons. The molecular formula is C20H22FNO4S. The Morgan fingerprint density at radius 2 is 1.85 bits per heavy atom. The predicted octanol–water partition coefficient (Wildman–Crippen LogP) is 3.98. The first-order valence-electron chi connectivity index (χ1n) is 8.60. The number of halogens is 1. The summed E-state index contributed by atoms with van der Waals surface area (Å²) in [5, 5.41) is 11.2. The summed E-state index contributed by atoms with van der Waals surface area (Å²) in [7, 11) is 0. The first-order chi connectivity index (χ1) is 12.9. The molecule has 2 atom stereocenters. The largest absolute Gasteiger partial charge is 0.486 e. The van der Waals surface area contributed by atoms with Crippen molar-refractivity contribution in [2.45, 2.75) is 36.5 Å². The number of carboxylic acid groups (broad SMARTS) is 1. The molecule has 2 N–H and O–H groups in total. The molecule has 0 aromatic heterocycles. The van der Waals surface area contributed by atoms with Gasteiger partial charge in [0, 0.05) is 4.90 Å². The van der Waals surface area contributed by atoms with Crippen LogP contribution in [-0.4, -0.2) is 34.9 Å². The maximum atomic E-state index is 13.7. The van der Waals surface area contributed by atoms with E-state index in [1.807, 2.05) is 6.92 Å². The number of nitrogens with one attached hydrogen (secondary N) is 1. The van der Waals surface area contributed by atoms with Gasteiger partial charge in [0.1, 0.15) is 11.4 Å². The second kappa shape index (κ2) is 9.97. The molecule has 0 saturated heterocycles. The monoisotopic (exact) mass is 391 g/mol. The predicted molar refractivity (Wildman–Crippen MR) is 103 cm³/mol. The van der Waals surface area contributed by atoms with Crippen LogP contribution in [0.5, 0.6) is 5.75 Å². The van der Waals surface area contributed by atoms with Gasteiger partial charge in [-0.3, -0.25) is 9.59 Å². The van der Waals surface area contributed by atoms with Crippen LogP contribution >= 0.6 is 11.8 Å². The summed E-state index contributed by atoms with van der Waals surface area (Å²) in [6.07, 6.45) is 0.199. The summed E-state index contributed by atoms with van der Waals surface area (Å²) in [6, 6.07) is 13.0. The fourth-order valence-corrected chi connectivity index (χ4v) is 3.22. The molecule has 0 bridgehead atoms. The number of rotatable bonds is 9. The van der Waals surface area contributed by atoms with Crippen molar-refractivity contribution < 1.29 is 23.8 Å². The molecule has 5 nitrogen and oxygen atoms in total. The van der Waals surface area contributed by atoms with E-state index in [-0.39, 0.29) is 24.3 Å². The molecule has 1 amide bonds. The number of carboxylic acids is 1. The molecular weight excluding hydrogens is 369 g/mol. The smallest absolute Gasteiger partial charge is 0.316 e. The Labute approximate surface area is 161 Å². The number of benzene rings is 2. The highest BCUT2D eigenvalue weighted by Crippen LogP contribution is 2.27. The zero-order chi connectivity index (χ0) is 19.8. The van der Waals surface area contributed by atoms with E-state index in [1.165, 1.54) is 6.07 Å². The van der Waals surface area contributed by atoms with E-state index < -0.39 is 17.0 Å². The molecule has 2 unspecified atom stereocenters. The Bertz CT molecular complexity index is 799. The van der Waals surface area contributed by atoms with Gasteiger partial charge in [-0.15, -0.1) is 11.8 Å². The van der Waals surface area contributed by atoms with Gasteiger partial charge in [-0.05, 0) is 37.6 Å².